The average Bonchev–Trinajstić information content (AvgIpc) is 2.07. The standard InChI is InChI=1S/C10H14FNO3S/c1-6(12)3-7-4-8(11)10(5-9(7)13)16(2,14)15/h4-6,13H,3,12H2,1-2H3. The molecule has 4 nitrogen and oxygen atoms in total. The van der Waals surface area contributed by atoms with Gasteiger partial charge in [0.15, 0.2) is 9.84 Å². The van der Waals surface area contributed by atoms with E-state index in [0.29, 0.717) is 5.56 Å². The maximum absolute atomic E-state index is 13.4. The van der Waals surface area contributed by atoms with Gasteiger partial charge < -0.3 is 10.8 Å². The Labute approximate surface area is 93.8 Å². The minimum atomic E-state index is -3.67. The topological polar surface area (TPSA) is 80.4 Å². The van der Waals surface area contributed by atoms with Gasteiger partial charge in [0, 0.05) is 18.4 Å². The minimum absolute atomic E-state index is 0.241. The van der Waals surface area contributed by atoms with Crippen LogP contribution in [0, 0.1) is 5.82 Å². The molecule has 0 aliphatic heterocycles. The lowest BCUT2D eigenvalue weighted by atomic mass is 10.1. The van der Waals surface area contributed by atoms with Gasteiger partial charge in [-0.25, -0.2) is 12.8 Å². The highest BCUT2D eigenvalue weighted by Gasteiger charge is 2.17. The van der Waals surface area contributed by atoms with Gasteiger partial charge >= 0.3 is 0 Å². The van der Waals surface area contributed by atoms with E-state index < -0.39 is 20.5 Å². The summed E-state index contributed by atoms with van der Waals surface area (Å²) in [6, 6.07) is 1.69. The van der Waals surface area contributed by atoms with Gasteiger partial charge in [-0.15, -0.1) is 0 Å². The Morgan fingerprint density at radius 2 is 2.06 bits per heavy atom. The van der Waals surface area contributed by atoms with Crippen molar-refractivity contribution >= 4 is 9.84 Å². The molecule has 1 rings (SSSR count). The van der Waals surface area contributed by atoms with Crippen LogP contribution in [0.3, 0.4) is 0 Å². The molecule has 16 heavy (non-hydrogen) atoms. The van der Waals surface area contributed by atoms with E-state index in [0.717, 1.165) is 18.4 Å². The first kappa shape index (κ1) is 12.9. The smallest absolute Gasteiger partial charge is 0.178 e. The van der Waals surface area contributed by atoms with E-state index in [1.807, 2.05) is 0 Å². The second kappa shape index (κ2) is 4.39. The molecule has 0 heterocycles. The predicted octanol–water partition coefficient (Wildman–Crippen LogP) is 0.825. The van der Waals surface area contributed by atoms with Crippen molar-refractivity contribution < 1.29 is 17.9 Å². The zero-order chi connectivity index (χ0) is 12.5. The van der Waals surface area contributed by atoms with E-state index in [4.69, 9.17) is 5.73 Å². The number of hydrogen-bond donors (Lipinski definition) is 2. The van der Waals surface area contributed by atoms with E-state index in [-0.39, 0.29) is 18.2 Å². The van der Waals surface area contributed by atoms with Gasteiger partial charge in [0.2, 0.25) is 0 Å². The average molecular weight is 247 g/mol. The third kappa shape index (κ3) is 2.93. The van der Waals surface area contributed by atoms with Crippen LogP contribution >= 0.6 is 0 Å². The summed E-state index contributed by atoms with van der Waals surface area (Å²) in [5.74, 6) is -1.12. The highest BCUT2D eigenvalue weighted by molar-refractivity contribution is 7.90. The monoisotopic (exact) mass is 247 g/mol. The molecule has 0 saturated carbocycles. The summed E-state index contributed by atoms with van der Waals surface area (Å²) in [4.78, 5) is -0.501. The highest BCUT2D eigenvalue weighted by Crippen LogP contribution is 2.25. The van der Waals surface area contributed by atoms with Crippen LogP contribution in [-0.4, -0.2) is 25.8 Å². The number of sulfone groups is 1. The van der Waals surface area contributed by atoms with Gasteiger partial charge in [0.25, 0.3) is 0 Å². The number of phenolic OH excluding ortho intramolecular Hbond substituents is 1. The molecule has 6 heteroatoms. The maximum atomic E-state index is 13.4. The summed E-state index contributed by atoms with van der Waals surface area (Å²) in [5.41, 5.74) is 5.82. The van der Waals surface area contributed by atoms with Crippen molar-refractivity contribution in [2.45, 2.75) is 24.3 Å². The Balaban J connectivity index is 3.28. The molecule has 3 N–H and O–H groups in total. The lowest BCUT2D eigenvalue weighted by Gasteiger charge is -2.09. The molecule has 0 spiro atoms. The van der Waals surface area contributed by atoms with Crippen LogP contribution < -0.4 is 5.73 Å². The molecule has 0 radical (unpaired) electrons. The Morgan fingerprint density at radius 3 is 2.50 bits per heavy atom. The van der Waals surface area contributed by atoms with Crippen molar-refractivity contribution in [2.24, 2.45) is 5.73 Å². The predicted molar refractivity (Wildman–Crippen MR) is 58.5 cm³/mol. The first-order chi connectivity index (χ1) is 7.21. The summed E-state index contributed by atoms with van der Waals surface area (Å²) in [6.45, 7) is 1.71. The maximum Gasteiger partial charge on any atom is 0.178 e. The van der Waals surface area contributed by atoms with E-state index in [1.54, 1.807) is 6.92 Å². The molecule has 1 atom stereocenters. The van der Waals surface area contributed by atoms with Crippen LogP contribution in [-0.2, 0) is 16.3 Å². The normalized spacial score (nSPS) is 13.8. The lowest BCUT2D eigenvalue weighted by molar-refractivity contribution is 0.458. The van der Waals surface area contributed by atoms with E-state index in [9.17, 15) is 17.9 Å². The Morgan fingerprint density at radius 1 is 1.50 bits per heavy atom. The second-order valence-electron chi connectivity index (χ2n) is 3.86. The van der Waals surface area contributed by atoms with Gasteiger partial charge in [-0.05, 0) is 25.0 Å². The number of hydrogen-bond acceptors (Lipinski definition) is 4. The Hall–Kier alpha value is -1.14. The highest BCUT2D eigenvalue weighted by atomic mass is 32.2. The fourth-order valence-electron chi connectivity index (χ4n) is 1.38. The zero-order valence-electron chi connectivity index (χ0n) is 9.07. The fourth-order valence-corrected chi connectivity index (χ4v) is 2.12. The first-order valence-electron chi connectivity index (χ1n) is 4.69. The van der Waals surface area contributed by atoms with Crippen molar-refractivity contribution in [3.05, 3.63) is 23.5 Å². The quantitative estimate of drug-likeness (QED) is 0.828. The van der Waals surface area contributed by atoms with Crippen molar-refractivity contribution in [2.75, 3.05) is 6.26 Å². The number of aromatic hydroxyl groups is 1. The molecule has 0 aliphatic carbocycles. The number of nitrogens with two attached hydrogens (primary N) is 1. The number of phenols is 1. The van der Waals surface area contributed by atoms with E-state index >= 15 is 0 Å². The SMILES string of the molecule is CC(N)Cc1cc(F)c(S(C)(=O)=O)cc1O. The van der Waals surface area contributed by atoms with Crippen LogP contribution in [0.15, 0.2) is 17.0 Å². The van der Waals surface area contributed by atoms with Crippen LogP contribution in [0.25, 0.3) is 0 Å². The second-order valence-corrected chi connectivity index (χ2v) is 5.85. The summed E-state index contributed by atoms with van der Waals surface area (Å²) >= 11 is 0. The van der Waals surface area contributed by atoms with Crippen molar-refractivity contribution in [3.8, 4) is 5.75 Å². The summed E-state index contributed by atoms with van der Waals surface area (Å²) in [5, 5.41) is 9.54. The number of rotatable bonds is 3. The molecular formula is C10H14FNO3S. The van der Waals surface area contributed by atoms with Crippen molar-refractivity contribution in [1.82, 2.24) is 0 Å². The first-order valence-corrected chi connectivity index (χ1v) is 6.58. The van der Waals surface area contributed by atoms with Gasteiger partial charge in [-0.1, -0.05) is 0 Å². The third-order valence-electron chi connectivity index (χ3n) is 2.07. The summed E-state index contributed by atoms with van der Waals surface area (Å²) < 4.78 is 35.8. The van der Waals surface area contributed by atoms with Crippen LogP contribution in [0.4, 0.5) is 4.39 Å². The van der Waals surface area contributed by atoms with Crippen molar-refractivity contribution in [3.63, 3.8) is 0 Å². The van der Waals surface area contributed by atoms with Gasteiger partial charge in [0.1, 0.15) is 16.5 Å². The fraction of sp³-hybridized carbons (Fsp3) is 0.400. The zero-order valence-corrected chi connectivity index (χ0v) is 9.88. The molecule has 0 aromatic heterocycles. The van der Waals surface area contributed by atoms with E-state index in [1.165, 1.54) is 0 Å². The summed E-state index contributed by atoms with van der Waals surface area (Å²) in [7, 11) is -3.67. The van der Waals surface area contributed by atoms with Crippen molar-refractivity contribution in [1.29, 1.82) is 0 Å². The molecule has 0 bridgehead atoms. The number of benzene rings is 1. The Kier molecular flexibility index (Phi) is 3.54. The summed E-state index contributed by atoms with van der Waals surface area (Å²) in [6.07, 6.45) is 1.17. The van der Waals surface area contributed by atoms with Crippen LogP contribution in [0.2, 0.25) is 0 Å². The molecule has 0 aliphatic rings. The van der Waals surface area contributed by atoms with Gasteiger partial charge in [-0.3, -0.25) is 0 Å². The van der Waals surface area contributed by atoms with E-state index in [2.05, 4.69) is 0 Å². The third-order valence-corrected chi connectivity index (χ3v) is 3.19. The Bertz CT molecular complexity index is 497. The molecular weight excluding hydrogens is 233 g/mol. The molecule has 1 unspecified atom stereocenters. The molecule has 1 aromatic rings. The molecule has 0 saturated heterocycles. The van der Waals surface area contributed by atoms with Crippen LogP contribution in [0.1, 0.15) is 12.5 Å². The lowest BCUT2D eigenvalue weighted by Crippen LogP contribution is -2.18. The van der Waals surface area contributed by atoms with Gasteiger partial charge in [-0.2, -0.15) is 0 Å². The molecule has 0 amide bonds. The molecule has 0 fully saturated rings. The number of halogens is 1. The molecule has 90 valence electrons. The largest absolute Gasteiger partial charge is 0.508 e. The minimum Gasteiger partial charge on any atom is -0.508 e. The molecule has 1 aromatic carbocycles. The van der Waals surface area contributed by atoms with Crippen LogP contribution in [0.5, 0.6) is 5.75 Å². The van der Waals surface area contributed by atoms with Gasteiger partial charge in [0.05, 0.1) is 0 Å².